The highest BCUT2D eigenvalue weighted by Gasteiger charge is 2.12. The average Bonchev–Trinajstić information content (AvgIpc) is 2.77. The molecule has 0 aliphatic carbocycles. The van der Waals surface area contributed by atoms with Crippen molar-refractivity contribution in [1.82, 2.24) is 4.90 Å². The third-order valence-corrected chi connectivity index (χ3v) is 5.92. The van der Waals surface area contributed by atoms with Gasteiger partial charge in [-0.05, 0) is 42.0 Å². The van der Waals surface area contributed by atoms with Crippen molar-refractivity contribution in [1.29, 1.82) is 0 Å². The van der Waals surface area contributed by atoms with Crippen molar-refractivity contribution >= 4 is 23.4 Å². The van der Waals surface area contributed by atoms with Gasteiger partial charge in [-0.2, -0.15) is 0 Å². The standard InChI is InChI=1S/C24H24N2O2S/c27-24(20-12-10-19(11-13-20)18-26-14-16-28-17-15-26)25-22-8-4-5-9-23(22)29-21-6-2-1-3-7-21/h1-13H,14-18H2,(H,25,27). The Balaban J connectivity index is 1.41. The molecular formula is C24H24N2O2S. The lowest BCUT2D eigenvalue weighted by Gasteiger charge is -2.26. The molecule has 1 aliphatic rings. The zero-order chi connectivity index (χ0) is 19.9. The number of hydrogen-bond acceptors (Lipinski definition) is 4. The van der Waals surface area contributed by atoms with Gasteiger partial charge in [0.15, 0.2) is 0 Å². The van der Waals surface area contributed by atoms with Gasteiger partial charge >= 0.3 is 0 Å². The predicted octanol–water partition coefficient (Wildman–Crippen LogP) is 4.92. The van der Waals surface area contributed by atoms with Crippen LogP contribution >= 0.6 is 11.8 Å². The molecule has 0 radical (unpaired) electrons. The molecule has 0 bridgehead atoms. The van der Waals surface area contributed by atoms with Crippen molar-refractivity contribution in [3.8, 4) is 0 Å². The van der Waals surface area contributed by atoms with Crippen LogP contribution in [0.2, 0.25) is 0 Å². The van der Waals surface area contributed by atoms with E-state index in [0.717, 1.165) is 48.3 Å². The minimum atomic E-state index is -0.0935. The second kappa shape index (κ2) is 9.74. The van der Waals surface area contributed by atoms with Crippen LogP contribution in [0.4, 0.5) is 5.69 Å². The molecule has 1 amide bonds. The lowest BCUT2D eigenvalue weighted by Crippen LogP contribution is -2.35. The molecule has 1 N–H and O–H groups in total. The molecule has 4 nitrogen and oxygen atoms in total. The Hall–Kier alpha value is -2.60. The Morgan fingerprint density at radius 3 is 2.34 bits per heavy atom. The topological polar surface area (TPSA) is 41.6 Å². The van der Waals surface area contributed by atoms with Crippen molar-refractivity contribution in [2.45, 2.75) is 16.3 Å². The van der Waals surface area contributed by atoms with Gasteiger partial charge in [0, 0.05) is 35.0 Å². The molecule has 4 rings (SSSR count). The Bertz CT molecular complexity index is 939. The van der Waals surface area contributed by atoms with Gasteiger partial charge in [-0.15, -0.1) is 0 Å². The van der Waals surface area contributed by atoms with Gasteiger partial charge in [0.1, 0.15) is 0 Å². The largest absolute Gasteiger partial charge is 0.379 e. The molecule has 0 unspecified atom stereocenters. The summed E-state index contributed by atoms with van der Waals surface area (Å²) in [5.41, 5.74) is 2.70. The second-order valence-corrected chi connectivity index (χ2v) is 8.07. The number of anilines is 1. The van der Waals surface area contributed by atoms with Gasteiger partial charge in [-0.25, -0.2) is 0 Å². The van der Waals surface area contributed by atoms with E-state index in [0.29, 0.717) is 5.56 Å². The van der Waals surface area contributed by atoms with Crippen LogP contribution in [0.1, 0.15) is 15.9 Å². The van der Waals surface area contributed by atoms with Crippen LogP contribution in [0.5, 0.6) is 0 Å². The predicted molar refractivity (Wildman–Crippen MR) is 117 cm³/mol. The maximum Gasteiger partial charge on any atom is 0.255 e. The molecule has 5 heteroatoms. The first-order valence-electron chi connectivity index (χ1n) is 9.80. The van der Waals surface area contributed by atoms with Gasteiger partial charge in [-0.1, -0.05) is 54.2 Å². The summed E-state index contributed by atoms with van der Waals surface area (Å²) in [5, 5.41) is 3.06. The highest BCUT2D eigenvalue weighted by Crippen LogP contribution is 2.33. The summed E-state index contributed by atoms with van der Waals surface area (Å²) in [6.45, 7) is 4.39. The summed E-state index contributed by atoms with van der Waals surface area (Å²) < 4.78 is 5.40. The zero-order valence-electron chi connectivity index (χ0n) is 16.2. The van der Waals surface area contributed by atoms with E-state index in [2.05, 4.69) is 22.3 Å². The first-order valence-corrected chi connectivity index (χ1v) is 10.6. The molecule has 1 heterocycles. The Morgan fingerprint density at radius 1 is 0.897 bits per heavy atom. The molecule has 3 aromatic rings. The van der Waals surface area contributed by atoms with Gasteiger partial charge in [-0.3, -0.25) is 9.69 Å². The highest BCUT2D eigenvalue weighted by molar-refractivity contribution is 7.99. The van der Waals surface area contributed by atoms with E-state index in [4.69, 9.17) is 4.74 Å². The Kier molecular flexibility index (Phi) is 6.62. The minimum Gasteiger partial charge on any atom is -0.379 e. The zero-order valence-corrected chi connectivity index (χ0v) is 17.0. The number of nitrogens with one attached hydrogen (secondary N) is 1. The number of para-hydroxylation sites is 1. The normalized spacial score (nSPS) is 14.5. The fraction of sp³-hybridized carbons (Fsp3) is 0.208. The highest BCUT2D eigenvalue weighted by atomic mass is 32.2. The first-order chi connectivity index (χ1) is 14.3. The van der Waals surface area contributed by atoms with Crippen molar-refractivity contribution in [3.05, 3.63) is 90.0 Å². The molecule has 3 aromatic carbocycles. The molecule has 29 heavy (non-hydrogen) atoms. The van der Waals surface area contributed by atoms with E-state index >= 15 is 0 Å². The van der Waals surface area contributed by atoms with Crippen molar-refractivity contribution in [2.24, 2.45) is 0 Å². The van der Waals surface area contributed by atoms with Crippen LogP contribution in [0.15, 0.2) is 88.7 Å². The van der Waals surface area contributed by atoms with E-state index < -0.39 is 0 Å². The molecule has 1 saturated heterocycles. The third-order valence-electron chi connectivity index (χ3n) is 4.83. The quantitative estimate of drug-likeness (QED) is 0.633. The lowest BCUT2D eigenvalue weighted by molar-refractivity contribution is 0.0342. The smallest absolute Gasteiger partial charge is 0.255 e. The number of ether oxygens (including phenoxy) is 1. The Labute approximate surface area is 175 Å². The number of benzene rings is 3. The number of nitrogens with zero attached hydrogens (tertiary/aromatic N) is 1. The summed E-state index contributed by atoms with van der Waals surface area (Å²) in [4.78, 5) is 17.3. The van der Waals surface area contributed by atoms with Crippen molar-refractivity contribution in [3.63, 3.8) is 0 Å². The minimum absolute atomic E-state index is 0.0935. The van der Waals surface area contributed by atoms with Gasteiger partial charge in [0.05, 0.1) is 18.9 Å². The van der Waals surface area contributed by atoms with Crippen LogP contribution in [0, 0.1) is 0 Å². The molecule has 148 valence electrons. The van der Waals surface area contributed by atoms with E-state index in [9.17, 15) is 4.79 Å². The van der Waals surface area contributed by atoms with E-state index in [1.54, 1.807) is 11.8 Å². The molecule has 0 spiro atoms. The monoisotopic (exact) mass is 404 g/mol. The van der Waals surface area contributed by atoms with E-state index in [1.807, 2.05) is 66.7 Å². The summed E-state index contributed by atoms with van der Waals surface area (Å²) in [7, 11) is 0. The van der Waals surface area contributed by atoms with Gasteiger partial charge in [0.25, 0.3) is 5.91 Å². The number of morpholine rings is 1. The number of amides is 1. The molecule has 0 aromatic heterocycles. The maximum atomic E-state index is 12.8. The second-order valence-electron chi connectivity index (χ2n) is 6.95. The average molecular weight is 405 g/mol. The van der Waals surface area contributed by atoms with Gasteiger partial charge in [0.2, 0.25) is 0 Å². The summed E-state index contributed by atoms with van der Waals surface area (Å²) in [5.74, 6) is -0.0935. The summed E-state index contributed by atoms with van der Waals surface area (Å²) >= 11 is 1.64. The van der Waals surface area contributed by atoms with E-state index in [-0.39, 0.29) is 5.91 Å². The molecule has 0 atom stereocenters. The molecular weight excluding hydrogens is 380 g/mol. The van der Waals surface area contributed by atoms with Crippen LogP contribution in [-0.2, 0) is 11.3 Å². The van der Waals surface area contributed by atoms with Crippen LogP contribution in [0.25, 0.3) is 0 Å². The third kappa shape index (κ3) is 5.48. The molecule has 1 fully saturated rings. The van der Waals surface area contributed by atoms with Crippen molar-refractivity contribution in [2.75, 3.05) is 31.6 Å². The SMILES string of the molecule is O=C(Nc1ccccc1Sc1ccccc1)c1ccc(CN2CCOCC2)cc1. The molecule has 1 aliphatic heterocycles. The maximum absolute atomic E-state index is 12.8. The number of carbonyl (C=O) groups excluding carboxylic acids is 1. The van der Waals surface area contributed by atoms with Crippen LogP contribution in [-0.4, -0.2) is 37.1 Å². The van der Waals surface area contributed by atoms with Crippen LogP contribution in [0.3, 0.4) is 0 Å². The first kappa shape index (κ1) is 19.7. The summed E-state index contributed by atoms with van der Waals surface area (Å²) in [6.07, 6.45) is 0. The number of rotatable bonds is 6. The van der Waals surface area contributed by atoms with E-state index in [1.165, 1.54) is 5.56 Å². The Morgan fingerprint density at radius 2 is 1.59 bits per heavy atom. The number of hydrogen-bond donors (Lipinski definition) is 1. The number of carbonyl (C=O) groups is 1. The molecule has 0 saturated carbocycles. The fourth-order valence-corrected chi connectivity index (χ4v) is 4.17. The van der Waals surface area contributed by atoms with Crippen molar-refractivity contribution < 1.29 is 9.53 Å². The van der Waals surface area contributed by atoms with Crippen LogP contribution < -0.4 is 5.32 Å². The lowest BCUT2D eigenvalue weighted by atomic mass is 10.1. The van der Waals surface area contributed by atoms with Gasteiger partial charge < -0.3 is 10.1 Å². The summed E-state index contributed by atoms with van der Waals surface area (Å²) in [6, 6.07) is 25.9. The fourth-order valence-electron chi connectivity index (χ4n) is 3.25.